The van der Waals surface area contributed by atoms with Crippen LogP contribution in [0, 0.1) is 0 Å². The summed E-state index contributed by atoms with van der Waals surface area (Å²) >= 11 is 0. The normalized spacial score (nSPS) is 13.8. The van der Waals surface area contributed by atoms with Crippen LogP contribution in [0.25, 0.3) is 0 Å². The van der Waals surface area contributed by atoms with Crippen LogP contribution in [0.3, 0.4) is 0 Å². The molecule has 0 radical (unpaired) electrons. The molecule has 0 rings (SSSR count). The fraction of sp³-hybridized carbons (Fsp3) is 0.750. The highest BCUT2D eigenvalue weighted by molar-refractivity contribution is 7.80. The van der Waals surface area contributed by atoms with Gasteiger partial charge in [-0.25, -0.2) is 4.18 Å². The number of hydrogen-bond donors (Lipinski definition) is 1. The van der Waals surface area contributed by atoms with Crippen LogP contribution in [-0.2, 0) is 14.6 Å². The molecular weight excluding hydrogens is 192 g/mol. The van der Waals surface area contributed by atoms with E-state index in [0.717, 1.165) is 6.42 Å². The van der Waals surface area contributed by atoms with Crippen molar-refractivity contribution in [3.05, 3.63) is 11.6 Å². The van der Waals surface area contributed by atoms with Gasteiger partial charge in [0.05, 0.1) is 6.10 Å². The second kappa shape index (κ2) is 5.36. The van der Waals surface area contributed by atoms with Crippen molar-refractivity contribution in [3.8, 4) is 0 Å². The average molecular weight is 208 g/mol. The fourth-order valence-corrected chi connectivity index (χ4v) is 1.37. The van der Waals surface area contributed by atoms with E-state index in [1.165, 1.54) is 5.57 Å². The van der Waals surface area contributed by atoms with Gasteiger partial charge in [0.25, 0.3) is 0 Å². The third kappa shape index (κ3) is 9.52. The molecule has 1 N–H and O–H groups in total. The molecule has 13 heavy (non-hydrogen) atoms. The summed E-state index contributed by atoms with van der Waals surface area (Å²) in [4.78, 5) is 0. The maximum absolute atomic E-state index is 10.3. The Bertz CT molecular complexity index is 262. The lowest BCUT2D eigenvalue weighted by Gasteiger charge is -2.07. The molecule has 0 aliphatic rings. The summed E-state index contributed by atoms with van der Waals surface area (Å²) in [5, 5.41) is 0. The Kier molecular flexibility index (Phi) is 5.20. The van der Waals surface area contributed by atoms with Crippen LogP contribution in [0.4, 0.5) is 0 Å². The summed E-state index contributed by atoms with van der Waals surface area (Å²) in [6, 6.07) is 0. The molecule has 0 aromatic carbocycles. The number of allylic oxidation sites excluding steroid dienone is 2. The second-order valence-electron chi connectivity index (χ2n) is 3.19. The molecule has 0 spiro atoms. The van der Waals surface area contributed by atoms with Crippen molar-refractivity contribution in [1.82, 2.24) is 0 Å². The zero-order chi connectivity index (χ0) is 10.5. The van der Waals surface area contributed by atoms with Crippen LogP contribution in [0.15, 0.2) is 11.6 Å². The minimum absolute atomic E-state index is 0.481. The van der Waals surface area contributed by atoms with Gasteiger partial charge in [-0.2, -0.15) is 8.42 Å². The van der Waals surface area contributed by atoms with E-state index in [4.69, 9.17) is 4.55 Å². The molecule has 0 saturated carbocycles. The highest BCUT2D eigenvalue weighted by Crippen LogP contribution is 2.06. The van der Waals surface area contributed by atoms with Crippen LogP contribution in [-0.4, -0.2) is 19.1 Å². The first kappa shape index (κ1) is 12.6. The van der Waals surface area contributed by atoms with Gasteiger partial charge in [0.2, 0.25) is 0 Å². The van der Waals surface area contributed by atoms with E-state index < -0.39 is 16.5 Å². The molecule has 1 atom stereocenters. The fourth-order valence-electron chi connectivity index (χ4n) is 0.862. The summed E-state index contributed by atoms with van der Waals surface area (Å²) in [6.45, 7) is 5.54. The third-order valence-electron chi connectivity index (χ3n) is 1.41. The van der Waals surface area contributed by atoms with Crippen molar-refractivity contribution in [2.75, 3.05) is 0 Å². The summed E-state index contributed by atoms with van der Waals surface area (Å²) in [5.74, 6) is 0. The predicted octanol–water partition coefficient (Wildman–Crippen LogP) is 1.94. The first-order valence-corrected chi connectivity index (χ1v) is 5.47. The van der Waals surface area contributed by atoms with E-state index in [2.05, 4.69) is 4.18 Å². The minimum Gasteiger partial charge on any atom is -0.264 e. The van der Waals surface area contributed by atoms with Gasteiger partial charge >= 0.3 is 10.4 Å². The maximum Gasteiger partial charge on any atom is 0.397 e. The Hall–Kier alpha value is -0.390. The molecular formula is C8H16O4S. The van der Waals surface area contributed by atoms with Gasteiger partial charge in [-0.15, -0.1) is 0 Å². The zero-order valence-corrected chi connectivity index (χ0v) is 8.97. The van der Waals surface area contributed by atoms with E-state index in [0.29, 0.717) is 6.42 Å². The van der Waals surface area contributed by atoms with Gasteiger partial charge in [-0.1, -0.05) is 11.6 Å². The van der Waals surface area contributed by atoms with Gasteiger partial charge in [0, 0.05) is 0 Å². The van der Waals surface area contributed by atoms with Crippen LogP contribution in [0.5, 0.6) is 0 Å². The third-order valence-corrected chi connectivity index (χ3v) is 1.98. The Balaban J connectivity index is 3.77. The molecule has 4 nitrogen and oxygen atoms in total. The van der Waals surface area contributed by atoms with E-state index in [-0.39, 0.29) is 0 Å². The lowest BCUT2D eigenvalue weighted by Crippen LogP contribution is -2.13. The average Bonchev–Trinajstić information content (AvgIpc) is 1.81. The molecule has 0 fully saturated rings. The van der Waals surface area contributed by atoms with Gasteiger partial charge in [0.15, 0.2) is 0 Å². The number of rotatable bonds is 5. The van der Waals surface area contributed by atoms with E-state index in [1.54, 1.807) is 6.92 Å². The van der Waals surface area contributed by atoms with Crippen molar-refractivity contribution in [1.29, 1.82) is 0 Å². The molecule has 5 heteroatoms. The lowest BCUT2D eigenvalue weighted by molar-refractivity contribution is 0.190. The SMILES string of the molecule is CC(C)=CCC[C@@H](C)OS(=O)(=O)O. The molecule has 0 unspecified atom stereocenters. The molecule has 0 aromatic heterocycles. The maximum atomic E-state index is 10.3. The molecule has 0 saturated heterocycles. The standard InChI is InChI=1S/C8H16O4S/c1-7(2)5-4-6-8(3)12-13(9,10)11/h5,8H,4,6H2,1-3H3,(H,9,10,11)/t8-/m1/s1. The quantitative estimate of drug-likeness (QED) is 0.554. The summed E-state index contributed by atoms with van der Waals surface area (Å²) in [7, 11) is -4.29. The highest BCUT2D eigenvalue weighted by Gasteiger charge is 2.10. The van der Waals surface area contributed by atoms with Crippen LogP contribution >= 0.6 is 0 Å². The molecule has 0 aliphatic heterocycles. The van der Waals surface area contributed by atoms with Crippen molar-refractivity contribution < 1.29 is 17.2 Å². The Morgan fingerprint density at radius 2 is 2.08 bits per heavy atom. The molecule has 0 amide bonds. The van der Waals surface area contributed by atoms with E-state index in [9.17, 15) is 8.42 Å². The van der Waals surface area contributed by atoms with Crippen LogP contribution < -0.4 is 0 Å². The predicted molar refractivity (Wildman–Crippen MR) is 50.8 cm³/mol. The second-order valence-corrected chi connectivity index (χ2v) is 4.24. The van der Waals surface area contributed by atoms with Gasteiger partial charge in [-0.05, 0) is 33.6 Å². The van der Waals surface area contributed by atoms with Crippen LogP contribution in [0.2, 0.25) is 0 Å². The first-order valence-electron chi connectivity index (χ1n) is 4.10. The van der Waals surface area contributed by atoms with Crippen molar-refractivity contribution in [3.63, 3.8) is 0 Å². The highest BCUT2D eigenvalue weighted by atomic mass is 32.3. The lowest BCUT2D eigenvalue weighted by atomic mass is 10.2. The summed E-state index contributed by atoms with van der Waals surface area (Å²) in [6.07, 6.45) is 2.83. The Morgan fingerprint density at radius 1 is 1.54 bits per heavy atom. The Morgan fingerprint density at radius 3 is 2.46 bits per heavy atom. The van der Waals surface area contributed by atoms with Gasteiger partial charge in [0.1, 0.15) is 0 Å². The summed E-state index contributed by atoms with van der Waals surface area (Å²) in [5.41, 5.74) is 1.18. The minimum atomic E-state index is -4.29. The largest absolute Gasteiger partial charge is 0.397 e. The van der Waals surface area contributed by atoms with E-state index >= 15 is 0 Å². The van der Waals surface area contributed by atoms with Crippen molar-refractivity contribution >= 4 is 10.4 Å². The van der Waals surface area contributed by atoms with Crippen LogP contribution in [0.1, 0.15) is 33.6 Å². The van der Waals surface area contributed by atoms with Crippen molar-refractivity contribution in [2.45, 2.75) is 39.7 Å². The monoisotopic (exact) mass is 208 g/mol. The number of hydrogen-bond acceptors (Lipinski definition) is 3. The van der Waals surface area contributed by atoms with E-state index in [1.807, 2.05) is 19.9 Å². The smallest absolute Gasteiger partial charge is 0.264 e. The van der Waals surface area contributed by atoms with Gasteiger partial charge < -0.3 is 0 Å². The van der Waals surface area contributed by atoms with Gasteiger partial charge in [-0.3, -0.25) is 4.55 Å². The Labute approximate surface area is 79.6 Å². The van der Waals surface area contributed by atoms with Crippen molar-refractivity contribution in [2.24, 2.45) is 0 Å². The first-order chi connectivity index (χ1) is 5.81. The molecule has 0 bridgehead atoms. The topological polar surface area (TPSA) is 63.6 Å². The molecule has 0 aliphatic carbocycles. The molecule has 0 aromatic rings. The molecule has 0 heterocycles. The molecule has 78 valence electrons. The summed E-state index contributed by atoms with van der Waals surface area (Å²) < 4.78 is 33.2. The zero-order valence-electron chi connectivity index (χ0n) is 8.15.